The Labute approximate surface area is 120 Å². The fourth-order valence-corrected chi connectivity index (χ4v) is 5.29. The molecule has 2 nitrogen and oxygen atoms in total. The van der Waals surface area contributed by atoms with Crippen LogP contribution >= 0.6 is 0 Å². The third kappa shape index (κ3) is 1.85. The van der Waals surface area contributed by atoms with Crippen LogP contribution in [0.1, 0.15) is 43.8 Å². The van der Waals surface area contributed by atoms with E-state index in [1.54, 1.807) is 0 Å². The molecule has 3 saturated carbocycles. The lowest BCUT2D eigenvalue weighted by atomic mass is 9.65. The van der Waals surface area contributed by atoms with E-state index in [1.807, 2.05) is 30.3 Å². The number of hydrogen-bond acceptors (Lipinski definition) is 2. The number of rotatable bonds is 3. The number of aliphatic hydroxyl groups excluding tert-OH is 1. The Kier molecular flexibility index (Phi) is 2.95. The van der Waals surface area contributed by atoms with Crippen molar-refractivity contribution in [1.82, 2.24) is 0 Å². The fraction of sp³-hybridized carbons (Fsp3) is 0.611. The van der Waals surface area contributed by atoms with Crippen LogP contribution in [0.3, 0.4) is 0 Å². The van der Waals surface area contributed by atoms with Crippen molar-refractivity contribution in [3.8, 4) is 0 Å². The lowest BCUT2D eigenvalue weighted by Crippen LogP contribution is -2.38. The van der Waals surface area contributed by atoms with Gasteiger partial charge in [-0.2, -0.15) is 0 Å². The Morgan fingerprint density at radius 2 is 1.60 bits per heavy atom. The summed E-state index contributed by atoms with van der Waals surface area (Å²) in [6, 6.07) is 9.43. The van der Waals surface area contributed by atoms with Gasteiger partial charge < -0.3 is 5.11 Å². The van der Waals surface area contributed by atoms with E-state index in [0.29, 0.717) is 11.8 Å². The zero-order valence-corrected chi connectivity index (χ0v) is 11.7. The highest BCUT2D eigenvalue weighted by atomic mass is 16.3. The third-order valence-electron chi connectivity index (χ3n) is 6.12. The standard InChI is InChI=1S/C18H22O2/c19-17(11-4-2-1-3-5-11)18(20)16-13-7-6-12-8-15(16)10-14(12)9-13/h1-5,12-17,19H,6-10H2. The van der Waals surface area contributed by atoms with Crippen LogP contribution in [-0.4, -0.2) is 10.9 Å². The second-order valence-electron chi connectivity index (χ2n) is 7.07. The molecule has 1 aromatic carbocycles. The smallest absolute Gasteiger partial charge is 0.169 e. The van der Waals surface area contributed by atoms with Gasteiger partial charge in [0, 0.05) is 5.92 Å². The molecule has 0 heterocycles. The molecule has 0 spiro atoms. The van der Waals surface area contributed by atoms with Crippen molar-refractivity contribution in [2.24, 2.45) is 29.6 Å². The summed E-state index contributed by atoms with van der Waals surface area (Å²) in [4.78, 5) is 12.8. The largest absolute Gasteiger partial charge is 0.381 e. The molecular weight excluding hydrogens is 248 g/mol. The van der Waals surface area contributed by atoms with Crippen LogP contribution in [0.2, 0.25) is 0 Å². The highest BCUT2D eigenvalue weighted by Crippen LogP contribution is 2.58. The van der Waals surface area contributed by atoms with Gasteiger partial charge in [0.2, 0.25) is 0 Å². The number of fused-ring (bicyclic) bond motifs is 2. The molecule has 3 fully saturated rings. The number of hydrogen-bond donors (Lipinski definition) is 1. The van der Waals surface area contributed by atoms with E-state index in [4.69, 9.17) is 0 Å². The number of Topliss-reactive ketones (excluding diaryl/α,β-unsaturated/α-hetero) is 1. The summed E-state index contributed by atoms with van der Waals surface area (Å²) in [5.74, 6) is 3.07. The molecule has 1 aromatic rings. The molecule has 20 heavy (non-hydrogen) atoms. The van der Waals surface area contributed by atoms with Gasteiger partial charge in [0.15, 0.2) is 5.78 Å². The van der Waals surface area contributed by atoms with Crippen molar-refractivity contribution < 1.29 is 9.90 Å². The molecule has 0 radical (unpaired) electrons. The van der Waals surface area contributed by atoms with Crippen LogP contribution in [0.25, 0.3) is 0 Å². The van der Waals surface area contributed by atoms with Crippen molar-refractivity contribution in [2.75, 3.05) is 0 Å². The molecule has 4 rings (SSSR count). The predicted molar refractivity (Wildman–Crippen MR) is 76.9 cm³/mol. The summed E-state index contributed by atoms with van der Waals surface area (Å²) in [7, 11) is 0. The number of carbonyl (C=O) groups is 1. The maximum Gasteiger partial charge on any atom is 0.169 e. The molecule has 6 unspecified atom stereocenters. The molecule has 2 heteroatoms. The average molecular weight is 270 g/mol. The monoisotopic (exact) mass is 270 g/mol. The van der Waals surface area contributed by atoms with E-state index in [9.17, 15) is 9.90 Å². The Hall–Kier alpha value is -1.15. The van der Waals surface area contributed by atoms with Gasteiger partial charge >= 0.3 is 0 Å². The Bertz CT molecular complexity index is 501. The molecule has 106 valence electrons. The SMILES string of the molecule is O=C(C(O)c1ccccc1)C1C2CCC3CC1CC3C2. The first-order valence-electron chi connectivity index (χ1n) is 8.01. The summed E-state index contributed by atoms with van der Waals surface area (Å²) in [5, 5.41) is 10.4. The zero-order chi connectivity index (χ0) is 13.7. The van der Waals surface area contributed by atoms with Crippen molar-refractivity contribution in [1.29, 1.82) is 0 Å². The molecule has 0 aromatic heterocycles. The summed E-state index contributed by atoms with van der Waals surface area (Å²) >= 11 is 0. The Balaban J connectivity index is 1.59. The van der Waals surface area contributed by atoms with Gasteiger partial charge in [-0.25, -0.2) is 0 Å². The van der Waals surface area contributed by atoms with E-state index >= 15 is 0 Å². The molecule has 3 bridgehead atoms. The van der Waals surface area contributed by atoms with E-state index in [2.05, 4.69) is 0 Å². The van der Waals surface area contributed by atoms with Crippen molar-refractivity contribution in [3.05, 3.63) is 35.9 Å². The third-order valence-corrected chi connectivity index (χ3v) is 6.12. The van der Waals surface area contributed by atoms with Gasteiger partial charge in [-0.1, -0.05) is 30.3 Å². The summed E-state index contributed by atoms with van der Waals surface area (Å²) < 4.78 is 0. The quantitative estimate of drug-likeness (QED) is 0.914. The van der Waals surface area contributed by atoms with Crippen molar-refractivity contribution in [3.63, 3.8) is 0 Å². The molecule has 1 N–H and O–H groups in total. The van der Waals surface area contributed by atoms with Gasteiger partial charge in [0.25, 0.3) is 0 Å². The number of aliphatic hydroxyl groups is 1. The normalized spacial score (nSPS) is 39.8. The van der Waals surface area contributed by atoms with Crippen LogP contribution in [0, 0.1) is 29.6 Å². The minimum Gasteiger partial charge on any atom is -0.381 e. The van der Waals surface area contributed by atoms with E-state index in [-0.39, 0.29) is 11.7 Å². The molecule has 3 aliphatic rings. The topological polar surface area (TPSA) is 37.3 Å². The average Bonchev–Trinajstić information content (AvgIpc) is 2.75. The summed E-state index contributed by atoms with van der Waals surface area (Å²) in [6.45, 7) is 0. The predicted octanol–water partition coefficient (Wildman–Crippen LogP) is 3.36. The number of ketones is 1. The molecule has 6 atom stereocenters. The summed E-state index contributed by atoms with van der Waals surface area (Å²) in [6.07, 6.45) is 5.31. The highest BCUT2D eigenvalue weighted by Gasteiger charge is 2.52. The van der Waals surface area contributed by atoms with Crippen LogP contribution < -0.4 is 0 Å². The molecule has 0 aliphatic heterocycles. The minimum atomic E-state index is -0.919. The van der Waals surface area contributed by atoms with Gasteiger partial charge in [-0.15, -0.1) is 0 Å². The van der Waals surface area contributed by atoms with E-state index in [0.717, 1.165) is 17.4 Å². The second kappa shape index (κ2) is 4.70. The van der Waals surface area contributed by atoms with E-state index < -0.39 is 6.10 Å². The maximum atomic E-state index is 12.8. The minimum absolute atomic E-state index is 0.0900. The van der Waals surface area contributed by atoms with Gasteiger partial charge in [-0.05, 0) is 61.3 Å². The van der Waals surface area contributed by atoms with Gasteiger partial charge in [0.05, 0.1) is 0 Å². The number of benzene rings is 1. The van der Waals surface area contributed by atoms with Crippen LogP contribution in [0.15, 0.2) is 30.3 Å². The lowest BCUT2D eigenvalue weighted by molar-refractivity contribution is -0.137. The molecular formula is C18H22O2. The van der Waals surface area contributed by atoms with Crippen LogP contribution in [0.5, 0.6) is 0 Å². The van der Waals surface area contributed by atoms with Crippen molar-refractivity contribution >= 4 is 5.78 Å². The number of carbonyl (C=O) groups excluding carboxylic acids is 1. The van der Waals surface area contributed by atoms with Crippen LogP contribution in [0.4, 0.5) is 0 Å². The fourth-order valence-electron chi connectivity index (χ4n) is 5.29. The zero-order valence-electron chi connectivity index (χ0n) is 11.7. The van der Waals surface area contributed by atoms with E-state index in [1.165, 1.54) is 32.1 Å². The van der Waals surface area contributed by atoms with Gasteiger partial charge in [0.1, 0.15) is 6.10 Å². The molecule has 0 saturated heterocycles. The first-order valence-corrected chi connectivity index (χ1v) is 8.01. The maximum absolute atomic E-state index is 12.8. The second-order valence-corrected chi connectivity index (χ2v) is 7.07. The van der Waals surface area contributed by atoms with Crippen LogP contribution in [-0.2, 0) is 4.79 Å². The van der Waals surface area contributed by atoms with Crippen molar-refractivity contribution in [2.45, 2.75) is 38.2 Å². The van der Waals surface area contributed by atoms with Gasteiger partial charge in [-0.3, -0.25) is 4.79 Å². The first kappa shape index (κ1) is 12.6. The summed E-state index contributed by atoms with van der Waals surface area (Å²) in [5.41, 5.74) is 0.757. The Morgan fingerprint density at radius 1 is 0.950 bits per heavy atom. The molecule has 0 amide bonds. The molecule has 3 aliphatic carbocycles. The Morgan fingerprint density at radius 3 is 2.40 bits per heavy atom. The first-order chi connectivity index (χ1) is 9.74. The lowest BCUT2D eigenvalue weighted by Gasteiger charge is -2.39. The highest BCUT2D eigenvalue weighted by molar-refractivity contribution is 5.87.